The fraction of sp³-hybridized carbons (Fsp3) is 0.500. The number of benzene rings is 1. The first kappa shape index (κ1) is 10.8. The predicted octanol–water partition coefficient (Wildman–Crippen LogP) is 2.04. The largest absolute Gasteiger partial charge is 0.326 e. The quantitative estimate of drug-likeness (QED) is 0.775. The van der Waals surface area contributed by atoms with Crippen LogP contribution in [0.3, 0.4) is 0 Å². The minimum absolute atomic E-state index is 0.00140. The molecule has 2 N–H and O–H groups in total. The molecule has 2 atom stereocenters. The second-order valence-electron chi connectivity index (χ2n) is 5.11. The van der Waals surface area contributed by atoms with Crippen LogP contribution in [0.1, 0.15) is 36.8 Å². The van der Waals surface area contributed by atoms with E-state index in [9.17, 15) is 4.79 Å². The van der Waals surface area contributed by atoms with Gasteiger partial charge in [0, 0.05) is 18.7 Å². The molecule has 3 heteroatoms. The van der Waals surface area contributed by atoms with E-state index in [0.717, 1.165) is 18.7 Å². The molecule has 3 rings (SSSR count). The molecule has 0 bridgehead atoms. The zero-order valence-electron chi connectivity index (χ0n) is 10.1. The standard InChI is InChI=1S/C14H18N2O/c1-9(17)16-11-4-5-12-10(7-11)8-14-13(12)3-2-6-15-14/h4-5,7,13-15H,2-3,6,8H2,1H3,(H,16,17)/t13-,14?/m1/s1. The van der Waals surface area contributed by atoms with Gasteiger partial charge in [0.25, 0.3) is 0 Å². The van der Waals surface area contributed by atoms with Crippen molar-refractivity contribution in [3.05, 3.63) is 29.3 Å². The zero-order valence-corrected chi connectivity index (χ0v) is 10.1. The van der Waals surface area contributed by atoms with Gasteiger partial charge in [0.1, 0.15) is 0 Å². The Morgan fingerprint density at radius 1 is 1.47 bits per heavy atom. The van der Waals surface area contributed by atoms with Crippen molar-refractivity contribution in [2.45, 2.75) is 38.1 Å². The highest BCUT2D eigenvalue weighted by molar-refractivity contribution is 5.88. The summed E-state index contributed by atoms with van der Waals surface area (Å²) in [7, 11) is 0. The predicted molar refractivity (Wildman–Crippen MR) is 68.2 cm³/mol. The number of anilines is 1. The van der Waals surface area contributed by atoms with E-state index in [-0.39, 0.29) is 5.91 Å². The van der Waals surface area contributed by atoms with Gasteiger partial charge in [-0.25, -0.2) is 0 Å². The lowest BCUT2D eigenvalue weighted by Gasteiger charge is -2.27. The molecular formula is C14H18N2O. The lowest BCUT2D eigenvalue weighted by Crippen LogP contribution is -2.37. The van der Waals surface area contributed by atoms with Gasteiger partial charge in [0.05, 0.1) is 0 Å². The first-order chi connectivity index (χ1) is 8.24. The molecular weight excluding hydrogens is 212 g/mol. The van der Waals surface area contributed by atoms with E-state index >= 15 is 0 Å². The van der Waals surface area contributed by atoms with E-state index in [1.165, 1.54) is 24.0 Å². The smallest absolute Gasteiger partial charge is 0.221 e. The molecule has 0 aromatic heterocycles. The van der Waals surface area contributed by atoms with Gasteiger partial charge in [-0.2, -0.15) is 0 Å². The second-order valence-corrected chi connectivity index (χ2v) is 5.11. The minimum atomic E-state index is -0.00140. The molecule has 1 saturated heterocycles. The van der Waals surface area contributed by atoms with Gasteiger partial charge in [-0.3, -0.25) is 4.79 Å². The summed E-state index contributed by atoms with van der Waals surface area (Å²) in [5, 5.41) is 6.46. The fourth-order valence-electron chi connectivity index (χ4n) is 3.20. The van der Waals surface area contributed by atoms with Crippen molar-refractivity contribution in [2.24, 2.45) is 0 Å². The van der Waals surface area contributed by atoms with Crippen molar-refractivity contribution in [3.8, 4) is 0 Å². The third-order valence-corrected chi connectivity index (χ3v) is 3.89. The van der Waals surface area contributed by atoms with Crippen molar-refractivity contribution in [1.29, 1.82) is 0 Å². The van der Waals surface area contributed by atoms with Crippen molar-refractivity contribution in [3.63, 3.8) is 0 Å². The highest BCUT2D eigenvalue weighted by Gasteiger charge is 2.33. The van der Waals surface area contributed by atoms with Crippen LogP contribution in [-0.2, 0) is 11.2 Å². The molecule has 17 heavy (non-hydrogen) atoms. The molecule has 2 aliphatic rings. The van der Waals surface area contributed by atoms with Crippen LogP contribution in [0.15, 0.2) is 18.2 Å². The second kappa shape index (κ2) is 4.15. The number of hydrogen-bond donors (Lipinski definition) is 2. The average Bonchev–Trinajstić information content (AvgIpc) is 2.65. The third kappa shape index (κ3) is 1.95. The van der Waals surface area contributed by atoms with E-state index < -0.39 is 0 Å². The Balaban J connectivity index is 1.88. The van der Waals surface area contributed by atoms with Crippen LogP contribution < -0.4 is 10.6 Å². The molecule has 1 aromatic rings. The Morgan fingerprint density at radius 3 is 3.18 bits per heavy atom. The molecule has 1 amide bonds. The van der Waals surface area contributed by atoms with Crippen molar-refractivity contribution in [2.75, 3.05) is 11.9 Å². The number of fused-ring (bicyclic) bond motifs is 3. The monoisotopic (exact) mass is 230 g/mol. The molecule has 0 spiro atoms. The van der Waals surface area contributed by atoms with Gasteiger partial charge in [-0.15, -0.1) is 0 Å². The first-order valence-corrected chi connectivity index (χ1v) is 6.38. The number of rotatable bonds is 1. The summed E-state index contributed by atoms with van der Waals surface area (Å²) < 4.78 is 0. The van der Waals surface area contributed by atoms with Gasteiger partial charge in [-0.05, 0) is 55.0 Å². The topological polar surface area (TPSA) is 41.1 Å². The van der Waals surface area contributed by atoms with Crippen LogP contribution in [0, 0.1) is 0 Å². The van der Waals surface area contributed by atoms with Gasteiger partial charge < -0.3 is 10.6 Å². The van der Waals surface area contributed by atoms with Crippen LogP contribution in [0.2, 0.25) is 0 Å². The fourth-order valence-corrected chi connectivity index (χ4v) is 3.20. The maximum absolute atomic E-state index is 11.0. The molecule has 3 nitrogen and oxygen atoms in total. The molecule has 1 fully saturated rings. The van der Waals surface area contributed by atoms with E-state index in [1.807, 2.05) is 6.07 Å². The number of carbonyl (C=O) groups excluding carboxylic acids is 1. The van der Waals surface area contributed by atoms with Gasteiger partial charge >= 0.3 is 0 Å². The number of hydrogen-bond acceptors (Lipinski definition) is 2. The number of carbonyl (C=O) groups is 1. The average molecular weight is 230 g/mol. The Labute approximate surface area is 102 Å². The van der Waals surface area contributed by atoms with Crippen LogP contribution >= 0.6 is 0 Å². The highest BCUT2D eigenvalue weighted by atomic mass is 16.1. The van der Waals surface area contributed by atoms with Crippen molar-refractivity contribution in [1.82, 2.24) is 5.32 Å². The Morgan fingerprint density at radius 2 is 2.35 bits per heavy atom. The molecule has 1 aromatic carbocycles. The molecule has 0 radical (unpaired) electrons. The molecule has 0 saturated carbocycles. The summed E-state index contributed by atoms with van der Waals surface area (Å²) in [5.74, 6) is 0.684. The van der Waals surface area contributed by atoms with E-state index in [0.29, 0.717) is 12.0 Å². The first-order valence-electron chi connectivity index (χ1n) is 6.38. The molecule has 90 valence electrons. The maximum Gasteiger partial charge on any atom is 0.221 e. The summed E-state index contributed by atoms with van der Waals surface area (Å²) in [5.41, 5.74) is 3.81. The summed E-state index contributed by atoms with van der Waals surface area (Å²) in [6.07, 6.45) is 3.67. The molecule has 1 unspecified atom stereocenters. The van der Waals surface area contributed by atoms with Crippen molar-refractivity contribution >= 4 is 11.6 Å². The van der Waals surface area contributed by atoms with Gasteiger partial charge in [-0.1, -0.05) is 6.07 Å². The van der Waals surface area contributed by atoms with Crippen LogP contribution in [0.25, 0.3) is 0 Å². The van der Waals surface area contributed by atoms with Crippen molar-refractivity contribution < 1.29 is 4.79 Å². The Hall–Kier alpha value is -1.35. The van der Waals surface area contributed by atoms with Gasteiger partial charge in [0.15, 0.2) is 0 Å². The zero-order chi connectivity index (χ0) is 11.8. The molecule has 1 aliphatic carbocycles. The number of amides is 1. The van der Waals surface area contributed by atoms with E-state index in [2.05, 4.69) is 22.8 Å². The summed E-state index contributed by atoms with van der Waals surface area (Å²) >= 11 is 0. The Kier molecular flexibility index (Phi) is 2.63. The minimum Gasteiger partial charge on any atom is -0.326 e. The molecule has 1 heterocycles. The van der Waals surface area contributed by atoms with Crippen LogP contribution in [0.4, 0.5) is 5.69 Å². The van der Waals surface area contributed by atoms with E-state index in [1.54, 1.807) is 6.92 Å². The lowest BCUT2D eigenvalue weighted by molar-refractivity contribution is -0.114. The summed E-state index contributed by atoms with van der Waals surface area (Å²) in [6, 6.07) is 6.97. The third-order valence-electron chi connectivity index (χ3n) is 3.89. The number of nitrogens with one attached hydrogen (secondary N) is 2. The van der Waals surface area contributed by atoms with Crippen LogP contribution in [0.5, 0.6) is 0 Å². The highest BCUT2D eigenvalue weighted by Crippen LogP contribution is 2.39. The SMILES string of the molecule is CC(=O)Nc1ccc2c(c1)CC1NCCC[C@H]21. The Bertz CT molecular complexity index is 456. The number of piperidine rings is 1. The maximum atomic E-state index is 11.0. The summed E-state index contributed by atoms with van der Waals surface area (Å²) in [4.78, 5) is 11.0. The summed E-state index contributed by atoms with van der Waals surface area (Å²) in [6.45, 7) is 2.70. The normalized spacial score (nSPS) is 26.2. The van der Waals surface area contributed by atoms with Gasteiger partial charge in [0.2, 0.25) is 5.91 Å². The van der Waals surface area contributed by atoms with Crippen LogP contribution in [-0.4, -0.2) is 18.5 Å². The van der Waals surface area contributed by atoms with E-state index in [4.69, 9.17) is 0 Å². The lowest BCUT2D eigenvalue weighted by atomic mass is 9.90. The molecule has 1 aliphatic heterocycles.